The fourth-order valence-electron chi connectivity index (χ4n) is 2.13. The van der Waals surface area contributed by atoms with Gasteiger partial charge in [-0.05, 0) is 31.2 Å². The van der Waals surface area contributed by atoms with E-state index in [-0.39, 0.29) is 12.1 Å². The Labute approximate surface area is 130 Å². The van der Waals surface area contributed by atoms with Crippen LogP contribution in [0.5, 0.6) is 0 Å². The van der Waals surface area contributed by atoms with Crippen LogP contribution in [0.2, 0.25) is 0 Å². The minimum absolute atomic E-state index is 0.00357. The van der Waals surface area contributed by atoms with Gasteiger partial charge in [0.15, 0.2) is 0 Å². The molecule has 0 bridgehead atoms. The molecule has 2 amide bonds. The van der Waals surface area contributed by atoms with E-state index in [2.05, 4.69) is 5.32 Å². The molecule has 6 heteroatoms. The number of hydrogen-bond donors (Lipinski definition) is 2. The number of thiophene rings is 1. The number of amides is 2. The summed E-state index contributed by atoms with van der Waals surface area (Å²) in [5, 5.41) is 14.1. The molecule has 2 N–H and O–H groups in total. The van der Waals surface area contributed by atoms with Crippen LogP contribution in [0, 0.1) is 0 Å². The summed E-state index contributed by atoms with van der Waals surface area (Å²) in [4.78, 5) is 26.5. The number of carbonyl (C=O) groups is 2. The highest BCUT2D eigenvalue weighted by Crippen LogP contribution is 2.17. The molecule has 0 aliphatic rings. The van der Waals surface area contributed by atoms with Crippen molar-refractivity contribution in [3.8, 4) is 0 Å². The molecule has 1 rings (SSSR count). The van der Waals surface area contributed by atoms with Crippen LogP contribution in [0.3, 0.4) is 0 Å². The first kappa shape index (κ1) is 17.5. The molecule has 0 radical (unpaired) electrons. The van der Waals surface area contributed by atoms with Gasteiger partial charge in [0.05, 0.1) is 0 Å². The van der Waals surface area contributed by atoms with Crippen LogP contribution in [0.15, 0.2) is 17.5 Å². The molecule has 1 aromatic heterocycles. The molecule has 0 saturated carbocycles. The fraction of sp³-hybridized carbons (Fsp3) is 0.600. The lowest BCUT2D eigenvalue weighted by Gasteiger charge is -2.32. The minimum atomic E-state index is -1.19. The molecule has 1 atom stereocenters. The van der Waals surface area contributed by atoms with E-state index in [1.807, 2.05) is 24.4 Å². The Balaban J connectivity index is 2.70. The molecule has 0 saturated heterocycles. The van der Waals surface area contributed by atoms with Gasteiger partial charge < -0.3 is 15.3 Å². The molecular weight excluding hydrogens is 288 g/mol. The molecule has 5 nitrogen and oxygen atoms in total. The number of carboxylic acid groups (broad SMARTS) is 1. The second-order valence-corrected chi connectivity index (χ2v) is 6.30. The number of carboxylic acids is 1. The van der Waals surface area contributed by atoms with Crippen LogP contribution in [0.4, 0.5) is 4.79 Å². The number of rotatable bonds is 7. The smallest absolute Gasteiger partial charge is 0.329 e. The lowest BCUT2D eigenvalue weighted by atomic mass is 9.93. The SMILES string of the molecule is CCC(CC)(NC(=O)N(C)C(C)Cc1cccs1)C(=O)O. The van der Waals surface area contributed by atoms with Gasteiger partial charge in [-0.1, -0.05) is 19.9 Å². The van der Waals surface area contributed by atoms with Gasteiger partial charge in [-0.2, -0.15) is 0 Å². The molecule has 0 spiro atoms. The van der Waals surface area contributed by atoms with Crippen LogP contribution in [0.25, 0.3) is 0 Å². The molecule has 0 aliphatic carbocycles. The Morgan fingerprint density at radius 1 is 1.43 bits per heavy atom. The molecule has 1 aromatic rings. The maximum absolute atomic E-state index is 12.3. The number of likely N-dealkylation sites (N-methyl/N-ethyl adjacent to an activating group) is 1. The summed E-state index contributed by atoms with van der Waals surface area (Å²) in [6.45, 7) is 5.50. The van der Waals surface area contributed by atoms with E-state index < -0.39 is 11.5 Å². The first-order chi connectivity index (χ1) is 9.86. The first-order valence-electron chi connectivity index (χ1n) is 7.17. The standard InChI is InChI=1S/C15H24N2O3S/c1-5-15(6-2,13(18)19)16-14(20)17(4)11(3)10-12-8-7-9-21-12/h7-9,11H,5-6,10H2,1-4H3,(H,16,20)(H,18,19). The topological polar surface area (TPSA) is 69.6 Å². The van der Waals surface area contributed by atoms with E-state index in [1.165, 1.54) is 4.88 Å². The predicted molar refractivity (Wildman–Crippen MR) is 84.7 cm³/mol. The Hall–Kier alpha value is -1.56. The number of urea groups is 1. The van der Waals surface area contributed by atoms with E-state index >= 15 is 0 Å². The van der Waals surface area contributed by atoms with E-state index in [0.717, 1.165) is 6.42 Å². The van der Waals surface area contributed by atoms with E-state index in [0.29, 0.717) is 12.8 Å². The highest BCUT2D eigenvalue weighted by Gasteiger charge is 2.37. The van der Waals surface area contributed by atoms with Gasteiger partial charge in [0.1, 0.15) is 5.54 Å². The summed E-state index contributed by atoms with van der Waals surface area (Å²) in [5.41, 5.74) is -1.19. The van der Waals surface area contributed by atoms with Gasteiger partial charge in [0.2, 0.25) is 0 Å². The minimum Gasteiger partial charge on any atom is -0.480 e. The van der Waals surface area contributed by atoms with Crippen LogP contribution in [0.1, 0.15) is 38.5 Å². The van der Waals surface area contributed by atoms with Gasteiger partial charge in [0.25, 0.3) is 0 Å². The summed E-state index contributed by atoms with van der Waals surface area (Å²) >= 11 is 1.65. The number of nitrogens with zero attached hydrogens (tertiary/aromatic N) is 1. The highest BCUT2D eigenvalue weighted by atomic mass is 32.1. The van der Waals surface area contributed by atoms with Crippen molar-refractivity contribution in [2.75, 3.05) is 7.05 Å². The number of carbonyl (C=O) groups excluding carboxylic acids is 1. The first-order valence-corrected chi connectivity index (χ1v) is 8.05. The van der Waals surface area contributed by atoms with Gasteiger partial charge in [-0.25, -0.2) is 9.59 Å². The zero-order valence-corrected chi connectivity index (χ0v) is 13.9. The molecule has 118 valence electrons. The third-order valence-electron chi connectivity index (χ3n) is 4.02. The van der Waals surface area contributed by atoms with E-state index in [4.69, 9.17) is 0 Å². The van der Waals surface area contributed by atoms with Crippen LogP contribution < -0.4 is 5.32 Å². The van der Waals surface area contributed by atoms with Gasteiger partial charge in [-0.15, -0.1) is 11.3 Å². The maximum Gasteiger partial charge on any atom is 0.329 e. The maximum atomic E-state index is 12.3. The molecule has 0 aliphatic heterocycles. The zero-order chi connectivity index (χ0) is 16.0. The third-order valence-corrected chi connectivity index (χ3v) is 4.92. The average molecular weight is 312 g/mol. The Morgan fingerprint density at radius 2 is 2.05 bits per heavy atom. The van der Waals surface area contributed by atoms with E-state index in [1.54, 1.807) is 37.1 Å². The van der Waals surface area contributed by atoms with Crippen molar-refractivity contribution in [1.82, 2.24) is 10.2 Å². The number of aliphatic carboxylic acids is 1. The monoisotopic (exact) mass is 312 g/mol. The van der Waals surface area contributed by atoms with Crippen molar-refractivity contribution in [2.45, 2.75) is 51.6 Å². The van der Waals surface area contributed by atoms with Gasteiger partial charge in [-0.3, -0.25) is 0 Å². The van der Waals surface area contributed by atoms with Crippen molar-refractivity contribution in [2.24, 2.45) is 0 Å². The lowest BCUT2D eigenvalue weighted by molar-refractivity contribution is -0.144. The molecule has 21 heavy (non-hydrogen) atoms. The highest BCUT2D eigenvalue weighted by molar-refractivity contribution is 7.09. The molecule has 0 aromatic carbocycles. The van der Waals surface area contributed by atoms with Crippen molar-refractivity contribution < 1.29 is 14.7 Å². The summed E-state index contributed by atoms with van der Waals surface area (Å²) in [6, 6.07) is 3.68. The quantitative estimate of drug-likeness (QED) is 0.813. The fourth-order valence-corrected chi connectivity index (χ4v) is 2.96. The van der Waals surface area contributed by atoms with Crippen molar-refractivity contribution in [3.05, 3.63) is 22.4 Å². The second kappa shape index (κ2) is 7.45. The van der Waals surface area contributed by atoms with Gasteiger partial charge >= 0.3 is 12.0 Å². The third kappa shape index (κ3) is 4.20. The molecule has 1 unspecified atom stereocenters. The molecule has 1 heterocycles. The van der Waals surface area contributed by atoms with Crippen LogP contribution in [-0.4, -0.2) is 40.6 Å². The predicted octanol–water partition coefficient (Wildman–Crippen LogP) is 2.96. The molecule has 0 fully saturated rings. The van der Waals surface area contributed by atoms with Crippen molar-refractivity contribution >= 4 is 23.3 Å². The van der Waals surface area contributed by atoms with Crippen LogP contribution >= 0.6 is 11.3 Å². The second-order valence-electron chi connectivity index (χ2n) is 5.27. The largest absolute Gasteiger partial charge is 0.480 e. The number of nitrogens with one attached hydrogen (secondary N) is 1. The summed E-state index contributed by atoms with van der Waals surface area (Å²) in [5.74, 6) is -0.986. The number of hydrogen-bond acceptors (Lipinski definition) is 3. The summed E-state index contributed by atoms with van der Waals surface area (Å²) < 4.78 is 0. The Morgan fingerprint density at radius 3 is 2.48 bits per heavy atom. The van der Waals surface area contributed by atoms with Crippen molar-refractivity contribution in [1.29, 1.82) is 0 Å². The van der Waals surface area contributed by atoms with Gasteiger partial charge in [0, 0.05) is 24.4 Å². The molecular formula is C15H24N2O3S. The lowest BCUT2D eigenvalue weighted by Crippen LogP contribution is -2.58. The Kier molecular flexibility index (Phi) is 6.20. The Bertz CT molecular complexity index is 469. The van der Waals surface area contributed by atoms with E-state index in [9.17, 15) is 14.7 Å². The average Bonchev–Trinajstić information content (AvgIpc) is 2.96. The van der Waals surface area contributed by atoms with Crippen LogP contribution in [-0.2, 0) is 11.2 Å². The summed E-state index contributed by atoms with van der Waals surface area (Å²) in [6.07, 6.45) is 1.48. The zero-order valence-electron chi connectivity index (χ0n) is 13.0. The van der Waals surface area contributed by atoms with Crippen molar-refractivity contribution in [3.63, 3.8) is 0 Å². The summed E-state index contributed by atoms with van der Waals surface area (Å²) in [7, 11) is 1.70. The normalized spacial score (nSPS) is 12.8.